The highest BCUT2D eigenvalue weighted by Gasteiger charge is 2.15. The van der Waals surface area contributed by atoms with Crippen LogP contribution in [0.5, 0.6) is 0 Å². The Bertz CT molecular complexity index is 496. The molecule has 20 heavy (non-hydrogen) atoms. The van der Waals surface area contributed by atoms with Crippen molar-refractivity contribution in [1.82, 2.24) is 4.90 Å². The number of nitrogens with one attached hydrogen (secondary N) is 1. The molecule has 0 heterocycles. The van der Waals surface area contributed by atoms with E-state index in [-0.39, 0.29) is 5.75 Å². The van der Waals surface area contributed by atoms with Gasteiger partial charge in [0, 0.05) is 6.54 Å². The van der Waals surface area contributed by atoms with Gasteiger partial charge in [-0.1, -0.05) is 32.9 Å². The molecule has 5 heteroatoms. The highest BCUT2D eigenvalue weighted by molar-refractivity contribution is 7.91. The highest BCUT2D eigenvalue weighted by atomic mass is 32.2. The first kappa shape index (κ1) is 17.0. The van der Waals surface area contributed by atoms with E-state index in [1.54, 1.807) is 19.1 Å². The van der Waals surface area contributed by atoms with Gasteiger partial charge in [0.25, 0.3) is 0 Å². The lowest BCUT2D eigenvalue weighted by atomic mass is 10.3. The maximum absolute atomic E-state index is 12.0. The van der Waals surface area contributed by atoms with E-state index in [1.165, 1.54) is 0 Å². The van der Waals surface area contributed by atoms with Gasteiger partial charge in [0.05, 0.1) is 16.3 Å². The smallest absolute Gasteiger partial charge is 0.180 e. The normalized spacial score (nSPS) is 11.8. The Hall–Kier alpha value is -1.07. The molecule has 1 aromatic rings. The van der Waals surface area contributed by atoms with Crippen LogP contribution in [0, 0.1) is 0 Å². The minimum absolute atomic E-state index is 0.130. The molecule has 0 saturated heterocycles. The third-order valence-corrected chi connectivity index (χ3v) is 5.25. The van der Waals surface area contributed by atoms with Crippen molar-refractivity contribution < 1.29 is 8.42 Å². The molecule has 0 aliphatic heterocycles. The summed E-state index contributed by atoms with van der Waals surface area (Å²) in [6.07, 6.45) is 1.00. The van der Waals surface area contributed by atoms with Gasteiger partial charge in [-0.25, -0.2) is 8.42 Å². The molecule has 0 amide bonds. The summed E-state index contributed by atoms with van der Waals surface area (Å²) >= 11 is 0. The van der Waals surface area contributed by atoms with Gasteiger partial charge in [0.2, 0.25) is 0 Å². The first-order valence-corrected chi connectivity index (χ1v) is 8.98. The summed E-state index contributed by atoms with van der Waals surface area (Å²) in [6.45, 7) is 9.90. The predicted octanol–water partition coefficient (Wildman–Crippen LogP) is 2.62. The predicted molar refractivity (Wildman–Crippen MR) is 85.1 cm³/mol. The van der Waals surface area contributed by atoms with E-state index < -0.39 is 9.84 Å². The zero-order valence-corrected chi connectivity index (χ0v) is 13.5. The molecule has 1 rings (SSSR count). The average molecular weight is 298 g/mol. The van der Waals surface area contributed by atoms with E-state index in [9.17, 15) is 8.42 Å². The number of nitrogens with zero attached hydrogens (tertiary/aromatic N) is 1. The molecule has 0 unspecified atom stereocenters. The second kappa shape index (κ2) is 8.27. The van der Waals surface area contributed by atoms with Crippen LogP contribution in [0.2, 0.25) is 0 Å². The third kappa shape index (κ3) is 4.80. The first-order valence-electron chi connectivity index (χ1n) is 7.33. The monoisotopic (exact) mass is 298 g/mol. The molecule has 0 atom stereocenters. The van der Waals surface area contributed by atoms with Crippen molar-refractivity contribution in [3.8, 4) is 0 Å². The molecular formula is C15H26N2O2S. The standard InChI is InChI=1S/C15H26N2O2S/c1-4-17(5-2)13-9-12-16-14-10-7-8-11-15(14)20(18,19)6-3/h7-8,10-11,16H,4-6,9,12-13H2,1-3H3. The van der Waals surface area contributed by atoms with Crippen molar-refractivity contribution in [2.45, 2.75) is 32.1 Å². The number of hydrogen-bond donors (Lipinski definition) is 1. The molecule has 0 radical (unpaired) electrons. The summed E-state index contributed by atoms with van der Waals surface area (Å²) in [5.41, 5.74) is 0.717. The molecule has 0 fully saturated rings. The first-order chi connectivity index (χ1) is 9.55. The van der Waals surface area contributed by atoms with Gasteiger partial charge in [0.15, 0.2) is 9.84 Å². The molecule has 0 bridgehead atoms. The number of sulfone groups is 1. The van der Waals surface area contributed by atoms with Gasteiger partial charge in [-0.3, -0.25) is 0 Å². The van der Waals surface area contributed by atoms with Gasteiger partial charge >= 0.3 is 0 Å². The SMILES string of the molecule is CCN(CC)CCCNc1ccccc1S(=O)(=O)CC. The topological polar surface area (TPSA) is 49.4 Å². The molecule has 1 aromatic carbocycles. The Labute approximate surface area is 123 Å². The number of rotatable bonds is 9. The zero-order valence-electron chi connectivity index (χ0n) is 12.7. The molecular weight excluding hydrogens is 272 g/mol. The fourth-order valence-electron chi connectivity index (χ4n) is 2.10. The number of anilines is 1. The Morgan fingerprint density at radius 3 is 2.35 bits per heavy atom. The van der Waals surface area contributed by atoms with E-state index in [0.717, 1.165) is 32.6 Å². The van der Waals surface area contributed by atoms with Crippen molar-refractivity contribution in [3.63, 3.8) is 0 Å². The summed E-state index contributed by atoms with van der Waals surface area (Å²) in [4.78, 5) is 2.77. The lowest BCUT2D eigenvalue weighted by Gasteiger charge is -2.18. The van der Waals surface area contributed by atoms with Crippen LogP contribution in [-0.4, -0.2) is 45.2 Å². The summed E-state index contributed by atoms with van der Waals surface area (Å²) < 4.78 is 24.0. The quantitative estimate of drug-likeness (QED) is 0.712. The Morgan fingerprint density at radius 1 is 1.10 bits per heavy atom. The molecule has 4 nitrogen and oxygen atoms in total. The number of para-hydroxylation sites is 1. The largest absolute Gasteiger partial charge is 0.384 e. The summed E-state index contributed by atoms with van der Waals surface area (Å²) in [6, 6.07) is 7.14. The van der Waals surface area contributed by atoms with Gasteiger partial charge in [-0.15, -0.1) is 0 Å². The Morgan fingerprint density at radius 2 is 1.75 bits per heavy atom. The third-order valence-electron chi connectivity index (χ3n) is 3.46. The Kier molecular flexibility index (Phi) is 7.02. The van der Waals surface area contributed by atoms with Gasteiger partial charge < -0.3 is 10.2 Å². The molecule has 0 aliphatic carbocycles. The van der Waals surface area contributed by atoms with Crippen LogP contribution in [0.1, 0.15) is 27.2 Å². The van der Waals surface area contributed by atoms with Crippen LogP contribution < -0.4 is 5.32 Å². The second-order valence-corrected chi connectivity index (χ2v) is 6.95. The second-order valence-electron chi connectivity index (χ2n) is 4.71. The van der Waals surface area contributed by atoms with Crippen LogP contribution in [0.25, 0.3) is 0 Å². The highest BCUT2D eigenvalue weighted by Crippen LogP contribution is 2.21. The maximum Gasteiger partial charge on any atom is 0.180 e. The fourth-order valence-corrected chi connectivity index (χ4v) is 3.18. The van der Waals surface area contributed by atoms with Crippen molar-refractivity contribution in [3.05, 3.63) is 24.3 Å². The average Bonchev–Trinajstić information content (AvgIpc) is 2.48. The zero-order chi connectivity index (χ0) is 15.0. The molecule has 1 N–H and O–H groups in total. The van der Waals surface area contributed by atoms with Gasteiger partial charge in [-0.05, 0) is 38.2 Å². The minimum atomic E-state index is -3.16. The van der Waals surface area contributed by atoms with Crippen molar-refractivity contribution in [2.75, 3.05) is 37.2 Å². The Balaban J connectivity index is 2.61. The van der Waals surface area contributed by atoms with E-state index in [0.29, 0.717) is 10.6 Å². The van der Waals surface area contributed by atoms with E-state index in [1.807, 2.05) is 12.1 Å². The molecule has 0 aliphatic rings. The van der Waals surface area contributed by atoms with E-state index >= 15 is 0 Å². The molecule has 0 saturated carbocycles. The van der Waals surface area contributed by atoms with Crippen molar-refractivity contribution in [1.29, 1.82) is 0 Å². The van der Waals surface area contributed by atoms with Crippen molar-refractivity contribution >= 4 is 15.5 Å². The lowest BCUT2D eigenvalue weighted by molar-refractivity contribution is 0.303. The molecule has 0 aromatic heterocycles. The van der Waals surface area contributed by atoms with Crippen molar-refractivity contribution in [2.24, 2.45) is 0 Å². The fraction of sp³-hybridized carbons (Fsp3) is 0.600. The van der Waals surface area contributed by atoms with E-state index in [2.05, 4.69) is 24.1 Å². The minimum Gasteiger partial charge on any atom is -0.384 e. The van der Waals surface area contributed by atoms with Crippen LogP contribution in [0.3, 0.4) is 0 Å². The van der Waals surface area contributed by atoms with E-state index in [4.69, 9.17) is 0 Å². The van der Waals surface area contributed by atoms with Crippen LogP contribution in [0.15, 0.2) is 29.2 Å². The van der Waals surface area contributed by atoms with Gasteiger partial charge in [-0.2, -0.15) is 0 Å². The van der Waals surface area contributed by atoms with Crippen LogP contribution >= 0.6 is 0 Å². The molecule has 114 valence electrons. The number of hydrogen-bond acceptors (Lipinski definition) is 4. The number of benzene rings is 1. The van der Waals surface area contributed by atoms with Crippen LogP contribution in [-0.2, 0) is 9.84 Å². The molecule has 0 spiro atoms. The maximum atomic E-state index is 12.0. The lowest BCUT2D eigenvalue weighted by Crippen LogP contribution is -2.25. The summed E-state index contributed by atoms with van der Waals surface area (Å²) in [5, 5.41) is 3.25. The van der Waals surface area contributed by atoms with Gasteiger partial charge in [0.1, 0.15) is 0 Å². The summed E-state index contributed by atoms with van der Waals surface area (Å²) in [7, 11) is -3.16. The summed E-state index contributed by atoms with van der Waals surface area (Å²) in [5.74, 6) is 0.130. The van der Waals surface area contributed by atoms with Crippen LogP contribution in [0.4, 0.5) is 5.69 Å².